The van der Waals surface area contributed by atoms with Gasteiger partial charge in [-0.05, 0) is 12.1 Å². The van der Waals surface area contributed by atoms with E-state index in [9.17, 15) is 0 Å². The Morgan fingerprint density at radius 2 is 1.85 bits per heavy atom. The molecule has 2 aromatic rings. The van der Waals surface area contributed by atoms with Crippen molar-refractivity contribution in [2.75, 3.05) is 0 Å². The molecule has 1 heterocycles. The minimum atomic E-state index is 0.599. The number of rotatable bonds is 1. The first kappa shape index (κ1) is 8.60. The summed E-state index contributed by atoms with van der Waals surface area (Å²) in [4.78, 5) is 7.04. The monoisotopic (exact) mass is 212 g/mol. The lowest BCUT2D eigenvalue weighted by Gasteiger charge is -2.02. The second kappa shape index (κ2) is 3.40. The van der Waals surface area contributed by atoms with Crippen LogP contribution in [-0.2, 0) is 0 Å². The number of hydrogen-bond acceptors (Lipinski definition) is 1. The van der Waals surface area contributed by atoms with E-state index < -0.39 is 0 Å². The quantitative estimate of drug-likeness (QED) is 0.772. The highest BCUT2D eigenvalue weighted by molar-refractivity contribution is 6.38. The van der Waals surface area contributed by atoms with E-state index in [0.29, 0.717) is 15.9 Å². The van der Waals surface area contributed by atoms with Crippen LogP contribution in [0.1, 0.15) is 0 Å². The average Bonchev–Trinajstić information content (AvgIpc) is 2.57. The summed E-state index contributed by atoms with van der Waals surface area (Å²) in [6.07, 6.45) is 3.39. The Morgan fingerprint density at radius 1 is 1.15 bits per heavy atom. The Balaban J connectivity index is 2.64. The highest BCUT2D eigenvalue weighted by Gasteiger charge is 2.08. The minimum absolute atomic E-state index is 0.599. The molecule has 0 radical (unpaired) electrons. The van der Waals surface area contributed by atoms with E-state index in [4.69, 9.17) is 23.2 Å². The maximum atomic E-state index is 5.98. The topological polar surface area (TPSA) is 28.7 Å². The molecule has 0 unspecified atom stereocenters. The molecule has 13 heavy (non-hydrogen) atoms. The number of nitrogens with one attached hydrogen (secondary N) is 1. The predicted octanol–water partition coefficient (Wildman–Crippen LogP) is 3.38. The molecule has 0 saturated carbocycles. The fourth-order valence-electron chi connectivity index (χ4n) is 1.13. The molecule has 1 aromatic carbocycles. The van der Waals surface area contributed by atoms with Gasteiger partial charge in [-0.25, -0.2) is 4.98 Å². The Labute approximate surface area is 85.5 Å². The molecule has 0 bridgehead atoms. The number of halogens is 2. The van der Waals surface area contributed by atoms with Crippen LogP contribution < -0.4 is 0 Å². The van der Waals surface area contributed by atoms with Crippen molar-refractivity contribution in [3.05, 3.63) is 40.6 Å². The maximum Gasteiger partial charge on any atom is 0.140 e. The van der Waals surface area contributed by atoms with Gasteiger partial charge in [0.1, 0.15) is 5.82 Å². The zero-order valence-electron chi connectivity index (χ0n) is 6.59. The van der Waals surface area contributed by atoms with E-state index in [1.807, 2.05) is 0 Å². The number of aromatic nitrogens is 2. The van der Waals surface area contributed by atoms with Gasteiger partial charge in [0.15, 0.2) is 0 Å². The van der Waals surface area contributed by atoms with Crippen molar-refractivity contribution in [2.24, 2.45) is 0 Å². The van der Waals surface area contributed by atoms with Gasteiger partial charge in [-0.3, -0.25) is 0 Å². The van der Waals surface area contributed by atoms with Crippen molar-refractivity contribution in [1.29, 1.82) is 0 Å². The van der Waals surface area contributed by atoms with Gasteiger partial charge in [-0.15, -0.1) is 0 Å². The fourth-order valence-corrected chi connectivity index (χ4v) is 1.70. The molecule has 0 spiro atoms. The van der Waals surface area contributed by atoms with E-state index in [0.717, 1.165) is 5.56 Å². The summed E-state index contributed by atoms with van der Waals surface area (Å²) in [5.74, 6) is 0.690. The number of benzene rings is 1. The van der Waals surface area contributed by atoms with Crippen molar-refractivity contribution < 1.29 is 0 Å². The standard InChI is InChI=1S/C9H6Cl2N2/c10-6-2-1-3-7(11)8(6)9-12-4-5-13-9/h1-5H,(H,12,13). The summed E-state index contributed by atoms with van der Waals surface area (Å²) in [6, 6.07) is 5.37. The highest BCUT2D eigenvalue weighted by atomic mass is 35.5. The lowest BCUT2D eigenvalue weighted by atomic mass is 10.2. The van der Waals surface area contributed by atoms with Crippen LogP contribution in [-0.4, -0.2) is 9.97 Å². The van der Waals surface area contributed by atoms with Crippen molar-refractivity contribution in [2.45, 2.75) is 0 Å². The molecular weight excluding hydrogens is 207 g/mol. The summed E-state index contributed by atoms with van der Waals surface area (Å²) in [7, 11) is 0. The average molecular weight is 213 g/mol. The van der Waals surface area contributed by atoms with Gasteiger partial charge >= 0.3 is 0 Å². The molecule has 0 atom stereocenters. The van der Waals surface area contributed by atoms with Crippen molar-refractivity contribution in [3.63, 3.8) is 0 Å². The molecule has 2 nitrogen and oxygen atoms in total. The molecule has 1 N–H and O–H groups in total. The first-order valence-electron chi connectivity index (χ1n) is 3.73. The second-order valence-electron chi connectivity index (χ2n) is 2.53. The molecule has 4 heteroatoms. The predicted molar refractivity (Wildman–Crippen MR) is 54.0 cm³/mol. The zero-order chi connectivity index (χ0) is 9.26. The number of hydrogen-bond donors (Lipinski definition) is 1. The van der Waals surface area contributed by atoms with Crippen LogP contribution in [0.25, 0.3) is 11.4 Å². The van der Waals surface area contributed by atoms with Gasteiger partial charge in [0.05, 0.1) is 15.6 Å². The van der Waals surface area contributed by atoms with Gasteiger partial charge in [0.2, 0.25) is 0 Å². The van der Waals surface area contributed by atoms with Crippen LogP contribution in [0.5, 0.6) is 0 Å². The number of imidazole rings is 1. The summed E-state index contributed by atoms with van der Waals surface area (Å²) >= 11 is 12.0. The van der Waals surface area contributed by atoms with Crippen LogP contribution in [0, 0.1) is 0 Å². The first-order chi connectivity index (χ1) is 6.29. The molecule has 0 amide bonds. The summed E-state index contributed by atoms with van der Waals surface area (Å²) in [5, 5.41) is 1.20. The molecule has 0 aliphatic rings. The van der Waals surface area contributed by atoms with Gasteiger partial charge < -0.3 is 4.98 Å². The SMILES string of the molecule is Clc1cccc(Cl)c1-c1ncc[nH]1. The Hall–Kier alpha value is -0.990. The zero-order valence-corrected chi connectivity index (χ0v) is 8.10. The number of H-pyrrole nitrogens is 1. The van der Waals surface area contributed by atoms with E-state index in [1.165, 1.54) is 0 Å². The third-order valence-electron chi connectivity index (χ3n) is 1.70. The fraction of sp³-hybridized carbons (Fsp3) is 0. The van der Waals surface area contributed by atoms with Gasteiger partial charge in [0, 0.05) is 12.4 Å². The second-order valence-corrected chi connectivity index (χ2v) is 3.35. The molecule has 66 valence electrons. The Kier molecular flexibility index (Phi) is 2.25. The van der Waals surface area contributed by atoms with Crippen LogP contribution in [0.2, 0.25) is 10.0 Å². The van der Waals surface area contributed by atoms with Crippen molar-refractivity contribution in [1.82, 2.24) is 9.97 Å². The highest BCUT2D eigenvalue weighted by Crippen LogP contribution is 2.31. The smallest absolute Gasteiger partial charge is 0.140 e. The van der Waals surface area contributed by atoms with Gasteiger partial charge in [-0.2, -0.15) is 0 Å². The minimum Gasteiger partial charge on any atom is -0.345 e. The first-order valence-corrected chi connectivity index (χ1v) is 4.48. The van der Waals surface area contributed by atoms with Crippen LogP contribution >= 0.6 is 23.2 Å². The van der Waals surface area contributed by atoms with Crippen molar-refractivity contribution in [3.8, 4) is 11.4 Å². The summed E-state index contributed by atoms with van der Waals surface area (Å²) in [6.45, 7) is 0. The lowest BCUT2D eigenvalue weighted by molar-refractivity contribution is 1.31. The van der Waals surface area contributed by atoms with Crippen LogP contribution in [0.15, 0.2) is 30.6 Å². The van der Waals surface area contributed by atoms with Crippen LogP contribution in [0.3, 0.4) is 0 Å². The third kappa shape index (κ3) is 1.55. The normalized spacial score (nSPS) is 10.3. The van der Waals surface area contributed by atoms with Gasteiger partial charge in [-0.1, -0.05) is 29.3 Å². The largest absolute Gasteiger partial charge is 0.345 e. The van der Waals surface area contributed by atoms with E-state index in [2.05, 4.69) is 9.97 Å². The van der Waals surface area contributed by atoms with Gasteiger partial charge in [0.25, 0.3) is 0 Å². The number of nitrogens with zero attached hydrogens (tertiary/aromatic N) is 1. The molecule has 0 aliphatic heterocycles. The third-order valence-corrected chi connectivity index (χ3v) is 2.33. The molecule has 0 saturated heterocycles. The Morgan fingerprint density at radius 3 is 2.38 bits per heavy atom. The molecular formula is C9H6Cl2N2. The lowest BCUT2D eigenvalue weighted by Crippen LogP contribution is -1.83. The maximum absolute atomic E-state index is 5.98. The van der Waals surface area contributed by atoms with E-state index in [1.54, 1.807) is 30.6 Å². The summed E-state index contributed by atoms with van der Waals surface area (Å²) in [5.41, 5.74) is 0.746. The molecule has 2 rings (SSSR count). The Bertz CT molecular complexity index is 389. The van der Waals surface area contributed by atoms with E-state index in [-0.39, 0.29) is 0 Å². The molecule has 1 aromatic heterocycles. The summed E-state index contributed by atoms with van der Waals surface area (Å²) < 4.78 is 0. The molecule has 0 fully saturated rings. The van der Waals surface area contributed by atoms with Crippen LogP contribution in [0.4, 0.5) is 0 Å². The van der Waals surface area contributed by atoms with Crippen molar-refractivity contribution >= 4 is 23.2 Å². The molecule has 0 aliphatic carbocycles. The number of aromatic amines is 1. The van der Waals surface area contributed by atoms with E-state index >= 15 is 0 Å².